The number of carbonyl (C=O) groups is 1. The number of nitrogens with one attached hydrogen (secondary N) is 1. The van der Waals surface area contributed by atoms with E-state index in [0.29, 0.717) is 23.4 Å². The first-order chi connectivity index (χ1) is 8.43. The molecule has 0 heterocycles. The minimum atomic E-state index is -0.872. The summed E-state index contributed by atoms with van der Waals surface area (Å²) in [6.07, 6.45) is 1.16. The van der Waals surface area contributed by atoms with Crippen LogP contribution in [0.2, 0.25) is 5.02 Å². The third-order valence-corrected chi connectivity index (χ3v) is 3.52. The zero-order valence-corrected chi connectivity index (χ0v) is 11.4. The van der Waals surface area contributed by atoms with E-state index in [1.807, 2.05) is 13.8 Å². The van der Waals surface area contributed by atoms with Crippen molar-refractivity contribution in [2.24, 2.45) is 0 Å². The first kappa shape index (κ1) is 14.8. The van der Waals surface area contributed by atoms with Crippen LogP contribution < -0.4 is 11.1 Å². The predicted octanol–water partition coefficient (Wildman–Crippen LogP) is 2.20. The van der Waals surface area contributed by atoms with Gasteiger partial charge in [0.2, 0.25) is 0 Å². The second-order valence-electron chi connectivity index (χ2n) is 4.32. The number of rotatable bonds is 5. The summed E-state index contributed by atoms with van der Waals surface area (Å²) in [5.41, 5.74) is 5.45. The molecule has 100 valence electrons. The summed E-state index contributed by atoms with van der Waals surface area (Å²) in [5, 5.41) is 13.1. The molecule has 0 spiro atoms. The van der Waals surface area contributed by atoms with Gasteiger partial charge in [0.25, 0.3) is 5.91 Å². The molecule has 0 saturated heterocycles. The van der Waals surface area contributed by atoms with E-state index in [0.717, 1.165) is 0 Å². The van der Waals surface area contributed by atoms with E-state index in [4.69, 9.17) is 17.3 Å². The van der Waals surface area contributed by atoms with Gasteiger partial charge in [0.05, 0.1) is 21.9 Å². The average molecular weight is 271 g/mol. The highest BCUT2D eigenvalue weighted by Crippen LogP contribution is 2.22. The Bertz CT molecular complexity index is 431. The van der Waals surface area contributed by atoms with Crippen LogP contribution in [0.25, 0.3) is 0 Å². The quantitative estimate of drug-likeness (QED) is 0.718. The van der Waals surface area contributed by atoms with Gasteiger partial charge in [-0.3, -0.25) is 4.79 Å². The molecule has 0 radical (unpaired) electrons. The molecule has 0 aromatic heterocycles. The summed E-state index contributed by atoms with van der Waals surface area (Å²) in [6.45, 7) is 3.96. The van der Waals surface area contributed by atoms with Crippen molar-refractivity contribution < 1.29 is 9.90 Å². The lowest BCUT2D eigenvalue weighted by Gasteiger charge is -2.25. The Labute approximate surface area is 112 Å². The van der Waals surface area contributed by atoms with E-state index in [9.17, 15) is 9.90 Å². The molecular formula is C13H19ClN2O2. The highest BCUT2D eigenvalue weighted by molar-refractivity contribution is 6.33. The molecule has 1 rings (SSSR count). The third-order valence-electron chi connectivity index (χ3n) is 3.19. The van der Waals surface area contributed by atoms with Crippen LogP contribution in [0.4, 0.5) is 5.69 Å². The number of nitrogens with two attached hydrogens (primary N) is 1. The molecule has 4 nitrogen and oxygen atoms in total. The van der Waals surface area contributed by atoms with Crippen LogP contribution in [0.15, 0.2) is 18.2 Å². The Morgan fingerprint density at radius 1 is 1.44 bits per heavy atom. The fraction of sp³-hybridized carbons (Fsp3) is 0.462. The summed E-state index contributed by atoms with van der Waals surface area (Å²) >= 11 is 5.85. The van der Waals surface area contributed by atoms with E-state index in [2.05, 4.69) is 5.32 Å². The van der Waals surface area contributed by atoms with Crippen LogP contribution in [0, 0.1) is 0 Å². The SMILES string of the molecule is CCC(O)(CC)CNC(=O)c1cccc(Cl)c1N. The van der Waals surface area contributed by atoms with Crippen molar-refractivity contribution in [1.29, 1.82) is 0 Å². The molecule has 0 unspecified atom stereocenters. The molecule has 0 fully saturated rings. The van der Waals surface area contributed by atoms with Crippen LogP contribution in [0.3, 0.4) is 0 Å². The number of halogens is 1. The number of carbonyl (C=O) groups excluding carboxylic acids is 1. The Morgan fingerprint density at radius 2 is 2.06 bits per heavy atom. The van der Waals surface area contributed by atoms with E-state index in [1.54, 1.807) is 18.2 Å². The molecule has 18 heavy (non-hydrogen) atoms. The van der Waals surface area contributed by atoms with Gasteiger partial charge in [-0.05, 0) is 25.0 Å². The van der Waals surface area contributed by atoms with Crippen molar-refractivity contribution in [3.05, 3.63) is 28.8 Å². The van der Waals surface area contributed by atoms with Crippen molar-refractivity contribution >= 4 is 23.2 Å². The van der Waals surface area contributed by atoms with Gasteiger partial charge in [-0.1, -0.05) is 31.5 Å². The largest absolute Gasteiger partial charge is 0.397 e. The van der Waals surface area contributed by atoms with Crippen LogP contribution in [0.1, 0.15) is 37.0 Å². The maximum atomic E-state index is 11.9. The molecule has 1 aromatic carbocycles. The lowest BCUT2D eigenvalue weighted by Crippen LogP contribution is -2.42. The summed E-state index contributed by atoms with van der Waals surface area (Å²) in [4.78, 5) is 11.9. The fourth-order valence-electron chi connectivity index (χ4n) is 1.58. The standard InChI is InChI=1S/C13H19ClN2O2/c1-3-13(18,4-2)8-16-12(17)9-6-5-7-10(14)11(9)15/h5-7,18H,3-4,8,15H2,1-2H3,(H,16,17). The Balaban J connectivity index is 2.75. The highest BCUT2D eigenvalue weighted by atomic mass is 35.5. The second kappa shape index (κ2) is 6.07. The number of nitrogen functional groups attached to an aromatic ring is 1. The van der Waals surface area contributed by atoms with Gasteiger partial charge in [-0.25, -0.2) is 0 Å². The molecule has 0 aliphatic heterocycles. The zero-order chi connectivity index (χ0) is 13.8. The van der Waals surface area contributed by atoms with E-state index < -0.39 is 5.60 Å². The summed E-state index contributed by atoms with van der Waals surface area (Å²) in [6, 6.07) is 4.90. The van der Waals surface area contributed by atoms with Gasteiger partial charge < -0.3 is 16.2 Å². The van der Waals surface area contributed by atoms with Gasteiger partial charge in [0, 0.05) is 6.54 Å². The molecule has 0 aliphatic rings. The van der Waals surface area contributed by atoms with Gasteiger partial charge >= 0.3 is 0 Å². The fourth-order valence-corrected chi connectivity index (χ4v) is 1.75. The molecule has 0 aliphatic carbocycles. The molecule has 0 atom stereocenters. The number of benzene rings is 1. The van der Waals surface area contributed by atoms with E-state index >= 15 is 0 Å². The van der Waals surface area contributed by atoms with Crippen molar-refractivity contribution in [1.82, 2.24) is 5.32 Å². The topological polar surface area (TPSA) is 75.3 Å². The summed E-state index contributed by atoms with van der Waals surface area (Å²) in [5.74, 6) is -0.324. The van der Waals surface area contributed by atoms with E-state index in [1.165, 1.54) is 0 Å². The summed E-state index contributed by atoms with van der Waals surface area (Å²) < 4.78 is 0. The monoisotopic (exact) mass is 270 g/mol. The van der Waals surface area contributed by atoms with Gasteiger partial charge in [0.1, 0.15) is 0 Å². The average Bonchev–Trinajstić information content (AvgIpc) is 2.39. The van der Waals surface area contributed by atoms with Crippen molar-refractivity contribution in [3.8, 4) is 0 Å². The first-order valence-corrected chi connectivity index (χ1v) is 6.36. The Hall–Kier alpha value is -1.26. The predicted molar refractivity (Wildman–Crippen MR) is 73.7 cm³/mol. The minimum absolute atomic E-state index is 0.199. The number of aliphatic hydroxyl groups is 1. The Morgan fingerprint density at radius 3 is 2.61 bits per heavy atom. The normalized spacial score (nSPS) is 11.3. The molecule has 5 heteroatoms. The van der Waals surface area contributed by atoms with Crippen molar-refractivity contribution in [2.75, 3.05) is 12.3 Å². The van der Waals surface area contributed by atoms with Gasteiger partial charge in [-0.15, -0.1) is 0 Å². The highest BCUT2D eigenvalue weighted by Gasteiger charge is 2.23. The molecule has 0 saturated carbocycles. The van der Waals surface area contributed by atoms with Crippen LogP contribution in [-0.4, -0.2) is 23.2 Å². The third kappa shape index (κ3) is 3.37. The molecule has 1 amide bonds. The number of hydrogen-bond acceptors (Lipinski definition) is 3. The molecule has 4 N–H and O–H groups in total. The minimum Gasteiger partial charge on any atom is -0.397 e. The molecule has 1 aromatic rings. The zero-order valence-electron chi connectivity index (χ0n) is 10.7. The molecular weight excluding hydrogens is 252 g/mol. The maximum Gasteiger partial charge on any atom is 0.253 e. The van der Waals surface area contributed by atoms with Crippen LogP contribution in [-0.2, 0) is 0 Å². The van der Waals surface area contributed by atoms with Crippen LogP contribution >= 0.6 is 11.6 Å². The number of anilines is 1. The maximum absolute atomic E-state index is 11.9. The number of para-hydroxylation sites is 1. The van der Waals surface area contributed by atoms with Crippen molar-refractivity contribution in [2.45, 2.75) is 32.3 Å². The van der Waals surface area contributed by atoms with Crippen molar-refractivity contribution in [3.63, 3.8) is 0 Å². The Kier molecular flexibility index (Phi) is 4.99. The first-order valence-electron chi connectivity index (χ1n) is 5.98. The number of amides is 1. The smallest absolute Gasteiger partial charge is 0.253 e. The van der Waals surface area contributed by atoms with Crippen LogP contribution in [0.5, 0.6) is 0 Å². The molecule has 0 bridgehead atoms. The number of hydrogen-bond donors (Lipinski definition) is 3. The lowest BCUT2D eigenvalue weighted by molar-refractivity contribution is 0.0314. The van der Waals surface area contributed by atoms with Gasteiger partial charge in [-0.2, -0.15) is 0 Å². The van der Waals surface area contributed by atoms with Gasteiger partial charge in [0.15, 0.2) is 0 Å². The summed E-state index contributed by atoms with van der Waals surface area (Å²) in [7, 11) is 0. The lowest BCUT2D eigenvalue weighted by atomic mass is 9.97. The van der Waals surface area contributed by atoms with E-state index in [-0.39, 0.29) is 18.1 Å². The second-order valence-corrected chi connectivity index (χ2v) is 4.72.